The van der Waals surface area contributed by atoms with Gasteiger partial charge in [-0.1, -0.05) is 0 Å². The van der Waals surface area contributed by atoms with Crippen LogP contribution in [-0.2, 0) is 11.3 Å². The number of carbonyl (C=O) groups excluding carboxylic acids is 1. The van der Waals surface area contributed by atoms with Crippen molar-refractivity contribution in [2.24, 2.45) is 0 Å². The molecule has 0 unspecified atom stereocenters. The number of hydrogen-bond donors (Lipinski definition) is 2. The zero-order valence-electron chi connectivity index (χ0n) is 12.3. The van der Waals surface area contributed by atoms with Crippen LogP contribution in [0.3, 0.4) is 0 Å². The highest BCUT2D eigenvalue weighted by atomic mass is 19.1. The van der Waals surface area contributed by atoms with Crippen LogP contribution < -0.4 is 10.6 Å². The molecule has 1 amide bonds. The van der Waals surface area contributed by atoms with E-state index in [0.29, 0.717) is 25.5 Å². The van der Waals surface area contributed by atoms with Crippen molar-refractivity contribution in [3.05, 3.63) is 47.9 Å². The normalized spacial score (nSPS) is 13.8. The third-order valence-electron chi connectivity index (χ3n) is 3.61. The SMILES string of the molecule is CC(=O)N1CCNc2cc(Nc3ccc(F)cc3)ncc2C1. The number of rotatable bonds is 2. The minimum atomic E-state index is -0.272. The molecule has 0 saturated heterocycles. The molecular formula is C16H17FN4O. The van der Waals surface area contributed by atoms with Crippen molar-refractivity contribution in [1.29, 1.82) is 0 Å². The summed E-state index contributed by atoms with van der Waals surface area (Å²) in [6, 6.07) is 8.02. The predicted molar refractivity (Wildman–Crippen MR) is 83.5 cm³/mol. The van der Waals surface area contributed by atoms with Gasteiger partial charge in [-0.05, 0) is 24.3 Å². The van der Waals surface area contributed by atoms with E-state index in [2.05, 4.69) is 15.6 Å². The van der Waals surface area contributed by atoms with Crippen LogP contribution in [0.5, 0.6) is 0 Å². The third kappa shape index (κ3) is 3.16. The molecule has 1 aromatic heterocycles. The van der Waals surface area contributed by atoms with Crippen molar-refractivity contribution >= 4 is 23.1 Å². The van der Waals surface area contributed by atoms with Crippen molar-refractivity contribution in [2.45, 2.75) is 13.5 Å². The summed E-state index contributed by atoms with van der Waals surface area (Å²) in [7, 11) is 0. The molecule has 1 aromatic carbocycles. The maximum Gasteiger partial charge on any atom is 0.219 e. The lowest BCUT2D eigenvalue weighted by Gasteiger charge is -2.17. The molecule has 114 valence electrons. The Balaban J connectivity index is 1.80. The molecule has 3 rings (SSSR count). The summed E-state index contributed by atoms with van der Waals surface area (Å²) in [5.41, 5.74) is 2.72. The van der Waals surface area contributed by atoms with Crippen LogP contribution in [-0.4, -0.2) is 28.9 Å². The van der Waals surface area contributed by atoms with Crippen molar-refractivity contribution in [3.8, 4) is 0 Å². The number of amides is 1. The van der Waals surface area contributed by atoms with Gasteiger partial charge < -0.3 is 15.5 Å². The molecule has 1 aliphatic heterocycles. The number of nitrogens with zero attached hydrogens (tertiary/aromatic N) is 2. The summed E-state index contributed by atoms with van der Waals surface area (Å²) < 4.78 is 12.9. The van der Waals surface area contributed by atoms with E-state index in [0.717, 1.165) is 16.9 Å². The molecule has 0 fully saturated rings. The van der Waals surface area contributed by atoms with E-state index in [1.165, 1.54) is 12.1 Å². The Hall–Kier alpha value is -2.63. The van der Waals surface area contributed by atoms with Crippen molar-refractivity contribution < 1.29 is 9.18 Å². The summed E-state index contributed by atoms with van der Waals surface area (Å²) >= 11 is 0. The minimum Gasteiger partial charge on any atom is -0.383 e. The number of pyridine rings is 1. The summed E-state index contributed by atoms with van der Waals surface area (Å²) in [6.45, 7) is 3.50. The average molecular weight is 300 g/mol. The number of hydrogen-bond acceptors (Lipinski definition) is 4. The van der Waals surface area contributed by atoms with Gasteiger partial charge in [0.1, 0.15) is 11.6 Å². The molecule has 5 nitrogen and oxygen atoms in total. The van der Waals surface area contributed by atoms with Crippen LogP contribution in [0.15, 0.2) is 36.5 Å². The van der Waals surface area contributed by atoms with E-state index in [-0.39, 0.29) is 11.7 Å². The molecule has 0 spiro atoms. The summed E-state index contributed by atoms with van der Waals surface area (Å²) in [5.74, 6) is 0.462. The van der Waals surface area contributed by atoms with Crippen LogP contribution in [0.4, 0.5) is 21.6 Å². The predicted octanol–water partition coefficient (Wildman–Crippen LogP) is 2.74. The molecule has 0 radical (unpaired) electrons. The minimum absolute atomic E-state index is 0.0585. The molecule has 0 aliphatic carbocycles. The van der Waals surface area contributed by atoms with Gasteiger partial charge in [0.2, 0.25) is 5.91 Å². The topological polar surface area (TPSA) is 57.3 Å². The van der Waals surface area contributed by atoms with Crippen LogP contribution >= 0.6 is 0 Å². The summed E-state index contributed by atoms with van der Waals surface area (Å²) in [6.07, 6.45) is 1.76. The Morgan fingerprint density at radius 2 is 2.14 bits per heavy atom. The second-order valence-electron chi connectivity index (χ2n) is 5.23. The number of benzene rings is 1. The standard InChI is InChI=1S/C16H17FN4O/c1-11(22)21-7-6-18-15-8-16(19-9-12(15)10-21)20-14-4-2-13(17)3-5-14/h2-5,8-9,18H,6-7,10H2,1H3,(H,19,20). The Labute approximate surface area is 128 Å². The molecular weight excluding hydrogens is 283 g/mol. The maximum atomic E-state index is 12.9. The van der Waals surface area contributed by atoms with Crippen LogP contribution in [0.25, 0.3) is 0 Å². The van der Waals surface area contributed by atoms with E-state index >= 15 is 0 Å². The lowest BCUT2D eigenvalue weighted by Crippen LogP contribution is -2.30. The van der Waals surface area contributed by atoms with E-state index in [4.69, 9.17) is 0 Å². The molecule has 2 N–H and O–H groups in total. The first-order chi connectivity index (χ1) is 10.6. The van der Waals surface area contributed by atoms with Gasteiger partial charge in [-0.15, -0.1) is 0 Å². The molecule has 6 heteroatoms. The quantitative estimate of drug-likeness (QED) is 0.895. The Morgan fingerprint density at radius 1 is 1.36 bits per heavy atom. The Kier molecular flexibility index (Phi) is 3.91. The highest BCUT2D eigenvalue weighted by Gasteiger charge is 2.16. The van der Waals surface area contributed by atoms with Crippen LogP contribution in [0.1, 0.15) is 12.5 Å². The zero-order chi connectivity index (χ0) is 15.5. The molecule has 0 saturated carbocycles. The molecule has 0 bridgehead atoms. The van der Waals surface area contributed by atoms with Crippen LogP contribution in [0.2, 0.25) is 0 Å². The van der Waals surface area contributed by atoms with Gasteiger partial charge >= 0.3 is 0 Å². The number of aromatic nitrogens is 1. The molecule has 2 heterocycles. The third-order valence-corrected chi connectivity index (χ3v) is 3.61. The number of nitrogens with one attached hydrogen (secondary N) is 2. The molecule has 22 heavy (non-hydrogen) atoms. The fraction of sp³-hybridized carbons (Fsp3) is 0.250. The molecule has 0 atom stereocenters. The fourth-order valence-electron chi connectivity index (χ4n) is 2.40. The highest BCUT2D eigenvalue weighted by Crippen LogP contribution is 2.24. The van der Waals surface area contributed by atoms with E-state index in [9.17, 15) is 9.18 Å². The number of fused-ring (bicyclic) bond motifs is 1. The monoisotopic (exact) mass is 300 g/mol. The second-order valence-corrected chi connectivity index (χ2v) is 5.23. The first kappa shape index (κ1) is 14.3. The number of halogens is 1. The largest absolute Gasteiger partial charge is 0.383 e. The van der Waals surface area contributed by atoms with E-state index < -0.39 is 0 Å². The summed E-state index contributed by atoms with van der Waals surface area (Å²) in [4.78, 5) is 17.7. The molecule has 1 aliphatic rings. The van der Waals surface area contributed by atoms with E-state index in [1.54, 1.807) is 30.2 Å². The van der Waals surface area contributed by atoms with Crippen LogP contribution in [0, 0.1) is 5.82 Å². The smallest absolute Gasteiger partial charge is 0.219 e. The Bertz CT molecular complexity index is 687. The van der Waals surface area contributed by atoms with Gasteiger partial charge in [-0.3, -0.25) is 4.79 Å². The van der Waals surface area contributed by atoms with Crippen molar-refractivity contribution in [2.75, 3.05) is 23.7 Å². The second kappa shape index (κ2) is 6.01. The van der Waals surface area contributed by atoms with Gasteiger partial charge in [0.25, 0.3) is 0 Å². The average Bonchev–Trinajstić information content (AvgIpc) is 2.71. The van der Waals surface area contributed by atoms with Gasteiger partial charge in [-0.25, -0.2) is 9.37 Å². The van der Waals surface area contributed by atoms with Crippen molar-refractivity contribution in [3.63, 3.8) is 0 Å². The first-order valence-electron chi connectivity index (χ1n) is 7.13. The lowest BCUT2D eigenvalue weighted by molar-refractivity contribution is -0.129. The molecule has 2 aromatic rings. The van der Waals surface area contributed by atoms with Gasteiger partial charge in [0.15, 0.2) is 0 Å². The Morgan fingerprint density at radius 3 is 2.86 bits per heavy atom. The van der Waals surface area contributed by atoms with Crippen molar-refractivity contribution in [1.82, 2.24) is 9.88 Å². The number of carbonyl (C=O) groups is 1. The number of anilines is 3. The fourth-order valence-corrected chi connectivity index (χ4v) is 2.40. The van der Waals surface area contributed by atoms with E-state index in [1.807, 2.05) is 6.07 Å². The summed E-state index contributed by atoms with van der Waals surface area (Å²) in [5, 5.41) is 6.45. The highest BCUT2D eigenvalue weighted by molar-refractivity contribution is 5.74. The van der Waals surface area contributed by atoms with Gasteiger partial charge in [0.05, 0.1) is 0 Å². The zero-order valence-corrected chi connectivity index (χ0v) is 12.3. The first-order valence-corrected chi connectivity index (χ1v) is 7.13. The lowest BCUT2D eigenvalue weighted by atomic mass is 10.2. The maximum absolute atomic E-state index is 12.9. The van der Waals surface area contributed by atoms with Gasteiger partial charge in [-0.2, -0.15) is 0 Å². The van der Waals surface area contributed by atoms with Gasteiger partial charge in [0, 0.05) is 55.8 Å².